The summed E-state index contributed by atoms with van der Waals surface area (Å²) in [4.78, 5) is -0.109. The summed E-state index contributed by atoms with van der Waals surface area (Å²) >= 11 is 0. The normalized spacial score (nSPS) is 17.8. The van der Waals surface area contributed by atoms with Gasteiger partial charge in [-0.25, -0.2) is 12.8 Å². The van der Waals surface area contributed by atoms with E-state index in [-0.39, 0.29) is 29.1 Å². The van der Waals surface area contributed by atoms with Crippen LogP contribution >= 0.6 is 0 Å². The lowest BCUT2D eigenvalue weighted by molar-refractivity contribution is 0.0858. The summed E-state index contributed by atoms with van der Waals surface area (Å²) in [6.07, 6.45) is 2.93. The first-order chi connectivity index (χ1) is 9.91. The van der Waals surface area contributed by atoms with Crippen LogP contribution in [-0.2, 0) is 9.84 Å². The zero-order valence-corrected chi connectivity index (χ0v) is 13.0. The second kappa shape index (κ2) is 6.62. The first-order valence-electron chi connectivity index (χ1n) is 6.95. The third-order valence-electron chi connectivity index (χ3n) is 3.20. The van der Waals surface area contributed by atoms with Gasteiger partial charge in [0.1, 0.15) is 12.7 Å². The molecule has 0 aliphatic carbocycles. The predicted octanol–water partition coefficient (Wildman–Crippen LogP) is 1.76. The van der Waals surface area contributed by atoms with Gasteiger partial charge in [-0.3, -0.25) is 0 Å². The standard InChI is InChI=1S/C14H20FNO4S/c1-3-4-5-16-8-10-9-19-14-12(15)6-11(21(2,17)18)7-13(14)20-10/h6-7,10,16H,3-5,8-9H2,1-2H3. The Kier molecular flexibility index (Phi) is 5.05. The third kappa shape index (κ3) is 4.07. The molecule has 0 saturated heterocycles. The maximum atomic E-state index is 13.9. The van der Waals surface area contributed by atoms with Crippen molar-refractivity contribution < 1.29 is 22.3 Å². The summed E-state index contributed by atoms with van der Waals surface area (Å²) < 4.78 is 47.9. The predicted molar refractivity (Wildman–Crippen MR) is 77.2 cm³/mol. The average molecular weight is 317 g/mol. The van der Waals surface area contributed by atoms with Gasteiger partial charge in [0, 0.05) is 18.9 Å². The molecular formula is C14H20FNO4S. The van der Waals surface area contributed by atoms with E-state index >= 15 is 0 Å². The van der Waals surface area contributed by atoms with Gasteiger partial charge >= 0.3 is 0 Å². The van der Waals surface area contributed by atoms with E-state index in [1.54, 1.807) is 0 Å². The fraction of sp³-hybridized carbons (Fsp3) is 0.571. The molecule has 0 fully saturated rings. The van der Waals surface area contributed by atoms with Crippen LogP contribution in [0.4, 0.5) is 4.39 Å². The van der Waals surface area contributed by atoms with Gasteiger partial charge in [-0.15, -0.1) is 0 Å². The molecule has 0 radical (unpaired) electrons. The molecule has 1 aromatic rings. The summed E-state index contributed by atoms with van der Waals surface area (Å²) in [6.45, 7) is 3.79. The summed E-state index contributed by atoms with van der Waals surface area (Å²) in [5, 5.41) is 3.23. The molecule has 0 amide bonds. The summed E-state index contributed by atoms with van der Waals surface area (Å²) in [6, 6.07) is 2.27. The van der Waals surface area contributed by atoms with Gasteiger partial charge in [-0.1, -0.05) is 13.3 Å². The number of rotatable bonds is 6. The van der Waals surface area contributed by atoms with E-state index in [4.69, 9.17) is 9.47 Å². The van der Waals surface area contributed by atoms with Crippen molar-refractivity contribution in [1.29, 1.82) is 0 Å². The summed E-state index contributed by atoms with van der Waals surface area (Å²) in [5.41, 5.74) is 0. The van der Waals surface area contributed by atoms with E-state index in [1.807, 2.05) is 0 Å². The van der Waals surface area contributed by atoms with Gasteiger partial charge in [-0.2, -0.15) is 0 Å². The van der Waals surface area contributed by atoms with Crippen LogP contribution in [0.2, 0.25) is 0 Å². The van der Waals surface area contributed by atoms with Crippen molar-refractivity contribution in [1.82, 2.24) is 5.32 Å². The van der Waals surface area contributed by atoms with Crippen LogP contribution < -0.4 is 14.8 Å². The number of unbranched alkanes of at least 4 members (excludes halogenated alkanes) is 1. The molecule has 5 nitrogen and oxygen atoms in total. The Balaban J connectivity index is 2.10. The minimum absolute atomic E-state index is 0.0211. The Morgan fingerprint density at radius 2 is 2.19 bits per heavy atom. The molecular weight excluding hydrogens is 297 g/mol. The molecule has 118 valence electrons. The van der Waals surface area contributed by atoms with Crippen molar-refractivity contribution in [3.63, 3.8) is 0 Å². The molecule has 1 atom stereocenters. The smallest absolute Gasteiger partial charge is 0.197 e. The van der Waals surface area contributed by atoms with Crippen molar-refractivity contribution in [2.24, 2.45) is 0 Å². The van der Waals surface area contributed by atoms with Crippen LogP contribution in [0, 0.1) is 5.82 Å². The van der Waals surface area contributed by atoms with Crippen LogP contribution in [0.1, 0.15) is 19.8 Å². The number of hydrogen-bond donors (Lipinski definition) is 1. The topological polar surface area (TPSA) is 64.6 Å². The van der Waals surface area contributed by atoms with E-state index in [9.17, 15) is 12.8 Å². The Hall–Kier alpha value is -1.34. The first-order valence-corrected chi connectivity index (χ1v) is 8.84. The van der Waals surface area contributed by atoms with Crippen molar-refractivity contribution in [2.45, 2.75) is 30.8 Å². The molecule has 0 aromatic heterocycles. The largest absolute Gasteiger partial charge is 0.483 e. The molecule has 1 N–H and O–H groups in total. The van der Waals surface area contributed by atoms with E-state index in [1.165, 1.54) is 6.07 Å². The number of hydrogen-bond acceptors (Lipinski definition) is 5. The fourth-order valence-electron chi connectivity index (χ4n) is 2.04. The Morgan fingerprint density at radius 3 is 2.86 bits per heavy atom. The fourth-order valence-corrected chi connectivity index (χ4v) is 2.68. The molecule has 1 heterocycles. The highest BCUT2D eigenvalue weighted by molar-refractivity contribution is 7.90. The number of benzene rings is 1. The van der Waals surface area contributed by atoms with Crippen LogP contribution in [0.5, 0.6) is 11.5 Å². The molecule has 0 spiro atoms. The van der Waals surface area contributed by atoms with Crippen LogP contribution in [-0.4, -0.2) is 40.5 Å². The summed E-state index contributed by atoms with van der Waals surface area (Å²) in [5.74, 6) is -0.596. The van der Waals surface area contributed by atoms with Crippen molar-refractivity contribution in [2.75, 3.05) is 26.0 Å². The minimum atomic E-state index is -3.49. The zero-order valence-electron chi connectivity index (χ0n) is 12.2. The van der Waals surface area contributed by atoms with E-state index in [0.29, 0.717) is 6.54 Å². The number of nitrogens with one attached hydrogen (secondary N) is 1. The molecule has 1 aliphatic rings. The molecule has 1 aromatic carbocycles. The quantitative estimate of drug-likeness (QED) is 0.810. The molecule has 21 heavy (non-hydrogen) atoms. The summed E-state index contributed by atoms with van der Waals surface area (Å²) in [7, 11) is -3.49. The lowest BCUT2D eigenvalue weighted by Crippen LogP contribution is -2.39. The lowest BCUT2D eigenvalue weighted by Gasteiger charge is -2.27. The maximum Gasteiger partial charge on any atom is 0.197 e. The van der Waals surface area contributed by atoms with Crippen molar-refractivity contribution in [3.8, 4) is 11.5 Å². The lowest BCUT2D eigenvalue weighted by atomic mass is 10.2. The maximum absolute atomic E-state index is 13.9. The monoisotopic (exact) mass is 317 g/mol. The zero-order chi connectivity index (χ0) is 15.5. The highest BCUT2D eigenvalue weighted by Gasteiger charge is 2.26. The van der Waals surface area contributed by atoms with E-state index < -0.39 is 15.7 Å². The SMILES string of the molecule is CCCCNCC1COc2c(F)cc(S(C)(=O)=O)cc2O1. The second-order valence-electron chi connectivity index (χ2n) is 5.11. The highest BCUT2D eigenvalue weighted by Crippen LogP contribution is 2.36. The van der Waals surface area contributed by atoms with Gasteiger partial charge in [0.15, 0.2) is 27.2 Å². The Bertz CT molecular complexity index is 603. The highest BCUT2D eigenvalue weighted by atomic mass is 32.2. The third-order valence-corrected chi connectivity index (χ3v) is 4.29. The number of halogens is 1. The van der Waals surface area contributed by atoms with Crippen LogP contribution in [0.3, 0.4) is 0 Å². The second-order valence-corrected chi connectivity index (χ2v) is 7.13. The van der Waals surface area contributed by atoms with Crippen LogP contribution in [0.15, 0.2) is 17.0 Å². The number of fused-ring (bicyclic) bond motifs is 1. The minimum Gasteiger partial charge on any atom is -0.483 e. The van der Waals surface area contributed by atoms with E-state index in [0.717, 1.165) is 31.7 Å². The van der Waals surface area contributed by atoms with E-state index in [2.05, 4.69) is 12.2 Å². The first kappa shape index (κ1) is 16.0. The Morgan fingerprint density at radius 1 is 1.43 bits per heavy atom. The number of sulfone groups is 1. The molecule has 7 heteroatoms. The van der Waals surface area contributed by atoms with Crippen LogP contribution in [0.25, 0.3) is 0 Å². The average Bonchev–Trinajstić information content (AvgIpc) is 2.42. The van der Waals surface area contributed by atoms with Crippen molar-refractivity contribution in [3.05, 3.63) is 17.9 Å². The van der Waals surface area contributed by atoms with Gasteiger partial charge in [0.2, 0.25) is 0 Å². The van der Waals surface area contributed by atoms with Gasteiger partial charge < -0.3 is 14.8 Å². The molecule has 1 aliphatic heterocycles. The molecule has 1 unspecified atom stereocenters. The van der Waals surface area contributed by atoms with Gasteiger partial charge in [0.05, 0.1) is 4.90 Å². The molecule has 2 rings (SSSR count). The molecule has 0 saturated carbocycles. The van der Waals surface area contributed by atoms with Gasteiger partial charge in [0.25, 0.3) is 0 Å². The molecule has 0 bridgehead atoms. The number of ether oxygens (including phenoxy) is 2. The van der Waals surface area contributed by atoms with Gasteiger partial charge in [-0.05, 0) is 19.0 Å². The Labute approximate surface area is 124 Å². The van der Waals surface area contributed by atoms with Crippen molar-refractivity contribution >= 4 is 9.84 Å².